The minimum absolute atomic E-state index is 0.152. The second-order valence-corrected chi connectivity index (χ2v) is 1.97. The molecule has 1 aromatic heterocycles. The van der Waals surface area contributed by atoms with Gasteiger partial charge in [-0.05, 0) is 0 Å². The smallest absolute Gasteiger partial charge is 0.314 e. The van der Waals surface area contributed by atoms with Crippen LogP contribution in [0.1, 0.15) is 16.1 Å². The van der Waals surface area contributed by atoms with Crippen molar-refractivity contribution in [3.63, 3.8) is 0 Å². The molecule has 0 aromatic carbocycles. The van der Waals surface area contributed by atoms with Crippen molar-refractivity contribution in [1.82, 2.24) is 5.73 Å². The quantitative estimate of drug-likeness (QED) is 0.457. The Morgan fingerprint density at radius 1 is 1.58 bits per heavy atom. The lowest BCUT2D eigenvalue weighted by Gasteiger charge is -1.84. The number of carbonyl (C=O) groups is 2. The summed E-state index contributed by atoms with van der Waals surface area (Å²) in [6, 6.07) is 2.84. The van der Waals surface area contributed by atoms with Crippen molar-refractivity contribution in [3.05, 3.63) is 23.7 Å². The first-order valence-corrected chi connectivity index (χ1v) is 2.94. The molecular weight excluding hydrogens is 160 g/mol. The van der Waals surface area contributed by atoms with Gasteiger partial charge in [-0.15, -0.1) is 0 Å². The maximum atomic E-state index is 10.7. The van der Waals surface area contributed by atoms with Crippen molar-refractivity contribution in [2.45, 2.75) is 0 Å². The van der Waals surface area contributed by atoms with Crippen molar-refractivity contribution in [1.29, 1.82) is 5.26 Å². The molecule has 0 saturated heterocycles. The zero-order valence-electron chi connectivity index (χ0n) is 5.83. The van der Waals surface area contributed by atoms with Crippen LogP contribution in [0.4, 0.5) is 0 Å². The molecule has 12 heavy (non-hydrogen) atoms. The summed E-state index contributed by atoms with van der Waals surface area (Å²) in [5.74, 6) is -2.67. The maximum Gasteiger partial charge on any atom is 0.314 e. The third kappa shape index (κ3) is 1.32. The summed E-state index contributed by atoms with van der Waals surface area (Å²) in [6.45, 7) is 0. The summed E-state index contributed by atoms with van der Waals surface area (Å²) < 4.78 is 4.57. The Labute approximate surface area is 67.4 Å². The number of nitriles is 1. The van der Waals surface area contributed by atoms with Crippen molar-refractivity contribution in [2.24, 2.45) is 0 Å². The Kier molecular flexibility index (Phi) is 1.92. The molecule has 1 N–H and O–H groups in total. The van der Waals surface area contributed by atoms with Crippen molar-refractivity contribution in [3.8, 4) is 6.07 Å². The van der Waals surface area contributed by atoms with Crippen LogP contribution in [0.5, 0.6) is 0 Å². The third-order valence-corrected chi connectivity index (χ3v) is 1.16. The molecule has 59 valence electrons. The summed E-state index contributed by atoms with van der Waals surface area (Å²) in [7, 11) is 0. The zero-order valence-corrected chi connectivity index (χ0v) is 5.83. The maximum absolute atomic E-state index is 10.7. The Hall–Kier alpha value is -2.09. The molecular formula is C7H3N2O3. The highest BCUT2D eigenvalue weighted by molar-refractivity contribution is 6.41. The van der Waals surface area contributed by atoms with E-state index < -0.39 is 11.7 Å². The Bertz CT molecular complexity index is 372. The summed E-state index contributed by atoms with van der Waals surface area (Å²) in [6.07, 6.45) is 1.05. The van der Waals surface area contributed by atoms with E-state index in [1.807, 2.05) is 0 Å². The second-order valence-electron chi connectivity index (χ2n) is 1.97. The van der Waals surface area contributed by atoms with Gasteiger partial charge >= 0.3 is 5.91 Å². The van der Waals surface area contributed by atoms with Crippen LogP contribution in [-0.4, -0.2) is 11.7 Å². The van der Waals surface area contributed by atoms with Crippen molar-refractivity contribution >= 4 is 11.7 Å². The number of furan rings is 1. The van der Waals surface area contributed by atoms with Gasteiger partial charge in [0.2, 0.25) is 0 Å². The van der Waals surface area contributed by atoms with Gasteiger partial charge in [0.25, 0.3) is 5.78 Å². The Morgan fingerprint density at radius 3 is 2.67 bits per heavy atom. The van der Waals surface area contributed by atoms with E-state index in [-0.39, 0.29) is 11.3 Å². The molecule has 0 aliphatic heterocycles. The lowest BCUT2D eigenvalue weighted by atomic mass is 10.2. The molecule has 0 spiro atoms. The highest BCUT2D eigenvalue weighted by atomic mass is 16.3. The number of amides is 1. The van der Waals surface area contributed by atoms with Gasteiger partial charge in [0.1, 0.15) is 12.3 Å². The predicted octanol–water partition coefficient (Wildman–Crippen LogP) is 0.143. The fourth-order valence-corrected chi connectivity index (χ4v) is 0.626. The molecule has 0 saturated carbocycles. The van der Waals surface area contributed by atoms with Gasteiger partial charge in [0.15, 0.2) is 5.76 Å². The molecule has 1 heterocycles. The minimum Gasteiger partial charge on any atom is -0.459 e. The lowest BCUT2D eigenvalue weighted by molar-refractivity contribution is -0.114. The average Bonchev–Trinajstić information content (AvgIpc) is 2.50. The fraction of sp³-hybridized carbons (Fsp3) is 0. The molecule has 0 aliphatic rings. The summed E-state index contributed by atoms with van der Waals surface area (Å²) in [5, 5.41) is 8.32. The van der Waals surface area contributed by atoms with Gasteiger partial charge in [0, 0.05) is 6.07 Å². The summed E-state index contributed by atoms with van der Waals surface area (Å²) in [4.78, 5) is 20.9. The van der Waals surface area contributed by atoms with Crippen LogP contribution >= 0.6 is 0 Å². The van der Waals surface area contributed by atoms with Crippen LogP contribution in [-0.2, 0) is 4.79 Å². The van der Waals surface area contributed by atoms with Crippen LogP contribution in [0, 0.1) is 11.3 Å². The molecule has 5 nitrogen and oxygen atoms in total. The molecule has 1 radical (unpaired) electrons. The standard InChI is InChI=1S/C7H3N2O3/c8-2-4-1-5(12-3-4)6(10)7(9)11/h1,3,9H. The number of Topliss-reactive ketones (excluding diaryl/α,β-unsaturated/α-hetero) is 1. The van der Waals surface area contributed by atoms with E-state index in [9.17, 15) is 9.59 Å². The Morgan fingerprint density at radius 2 is 2.25 bits per heavy atom. The second kappa shape index (κ2) is 2.88. The molecule has 0 atom stereocenters. The van der Waals surface area contributed by atoms with Gasteiger partial charge in [-0.3, -0.25) is 15.3 Å². The number of nitrogens with one attached hydrogen (secondary N) is 1. The molecule has 0 aliphatic carbocycles. The summed E-state index contributed by atoms with van der Waals surface area (Å²) >= 11 is 0. The fourth-order valence-electron chi connectivity index (χ4n) is 0.626. The molecule has 1 amide bonds. The number of hydrogen-bond acceptors (Lipinski definition) is 4. The number of nitrogens with zero attached hydrogens (tertiary/aromatic N) is 1. The molecule has 5 heteroatoms. The van der Waals surface area contributed by atoms with Gasteiger partial charge in [0.05, 0.1) is 5.56 Å². The minimum atomic E-state index is -1.35. The van der Waals surface area contributed by atoms with E-state index in [4.69, 9.17) is 11.0 Å². The molecule has 0 bridgehead atoms. The van der Waals surface area contributed by atoms with Gasteiger partial charge < -0.3 is 4.42 Å². The number of rotatable bonds is 2. The first kappa shape index (κ1) is 8.01. The first-order valence-electron chi connectivity index (χ1n) is 2.94. The highest BCUT2D eigenvalue weighted by Crippen LogP contribution is 2.06. The molecule has 0 unspecified atom stereocenters. The normalized spacial score (nSPS) is 8.92. The topological polar surface area (TPSA) is 94.9 Å². The number of carbonyl (C=O) groups excluding carboxylic acids is 2. The number of hydrogen-bond donors (Lipinski definition) is 0. The summed E-state index contributed by atoms with van der Waals surface area (Å²) in [5.41, 5.74) is 6.61. The highest BCUT2D eigenvalue weighted by Gasteiger charge is 2.17. The van der Waals surface area contributed by atoms with Gasteiger partial charge in [-0.2, -0.15) is 5.26 Å². The van der Waals surface area contributed by atoms with E-state index in [1.165, 1.54) is 0 Å². The Balaban J connectivity index is 2.99. The first-order chi connectivity index (χ1) is 5.65. The van der Waals surface area contributed by atoms with Gasteiger partial charge in [-0.1, -0.05) is 0 Å². The molecule has 1 aromatic rings. The van der Waals surface area contributed by atoms with Crippen LogP contribution in [0.25, 0.3) is 0 Å². The van der Waals surface area contributed by atoms with E-state index in [1.54, 1.807) is 6.07 Å². The van der Waals surface area contributed by atoms with E-state index in [2.05, 4.69) is 4.42 Å². The monoisotopic (exact) mass is 163 g/mol. The SMILES string of the molecule is N#Cc1coc(C(=O)C([NH])=O)c1. The van der Waals surface area contributed by atoms with Gasteiger partial charge in [-0.25, -0.2) is 0 Å². The lowest BCUT2D eigenvalue weighted by Crippen LogP contribution is -2.13. The third-order valence-electron chi connectivity index (χ3n) is 1.16. The zero-order chi connectivity index (χ0) is 9.14. The van der Waals surface area contributed by atoms with Crippen LogP contribution < -0.4 is 5.73 Å². The van der Waals surface area contributed by atoms with Crippen molar-refractivity contribution < 1.29 is 14.0 Å². The predicted molar refractivity (Wildman–Crippen MR) is 35.9 cm³/mol. The van der Waals surface area contributed by atoms with Crippen molar-refractivity contribution in [2.75, 3.05) is 0 Å². The molecule has 0 fully saturated rings. The molecule has 1 rings (SSSR count). The van der Waals surface area contributed by atoms with Crippen LogP contribution in [0.2, 0.25) is 0 Å². The largest absolute Gasteiger partial charge is 0.459 e. The number of ketones is 1. The van der Waals surface area contributed by atoms with Crippen LogP contribution in [0.3, 0.4) is 0 Å². The van der Waals surface area contributed by atoms with E-state index in [0.29, 0.717) is 0 Å². The average molecular weight is 163 g/mol. The van der Waals surface area contributed by atoms with Crippen LogP contribution in [0.15, 0.2) is 16.7 Å². The van der Waals surface area contributed by atoms with E-state index >= 15 is 0 Å². The van der Waals surface area contributed by atoms with E-state index in [0.717, 1.165) is 12.3 Å².